The molecule has 1 saturated heterocycles. The van der Waals surface area contributed by atoms with Gasteiger partial charge in [-0.05, 0) is 73.3 Å². The number of Topliss-reactive ketones (excluding diaryl/α,β-unsaturated/α-hetero) is 1. The van der Waals surface area contributed by atoms with E-state index in [1.807, 2.05) is 13.8 Å². The number of allylic oxidation sites excluding steroid dienone is 3. The minimum atomic E-state index is -0.513. The molecule has 0 aromatic carbocycles. The van der Waals surface area contributed by atoms with E-state index in [1.54, 1.807) is 0 Å². The van der Waals surface area contributed by atoms with Gasteiger partial charge in [-0.3, -0.25) is 4.79 Å². The second-order valence-corrected chi connectivity index (χ2v) is 10.3. The molecule has 0 spiro atoms. The number of carbonyl (C=O) groups excluding carboxylic acids is 1. The van der Waals surface area contributed by atoms with E-state index in [0.29, 0.717) is 30.6 Å². The van der Waals surface area contributed by atoms with Gasteiger partial charge in [0.1, 0.15) is 0 Å². The highest BCUT2D eigenvalue weighted by atomic mass is 16.7. The largest absolute Gasteiger partial charge is 0.346 e. The lowest BCUT2D eigenvalue weighted by Gasteiger charge is -2.46. The predicted octanol–water partition coefficient (Wildman–Crippen LogP) is 5.21. The van der Waals surface area contributed by atoms with Crippen molar-refractivity contribution in [3.8, 4) is 0 Å². The van der Waals surface area contributed by atoms with E-state index in [1.165, 1.54) is 11.1 Å². The fraction of sp³-hybridized carbons (Fsp3) is 0.783. The van der Waals surface area contributed by atoms with Gasteiger partial charge >= 0.3 is 0 Å². The molecule has 3 heteroatoms. The number of ketones is 1. The molecule has 0 N–H and O–H groups in total. The van der Waals surface area contributed by atoms with Crippen molar-refractivity contribution in [3.05, 3.63) is 22.8 Å². The molecule has 0 radical (unpaired) electrons. The fourth-order valence-electron chi connectivity index (χ4n) is 6.05. The molecule has 0 aromatic heterocycles. The van der Waals surface area contributed by atoms with Gasteiger partial charge < -0.3 is 9.47 Å². The van der Waals surface area contributed by atoms with Crippen LogP contribution in [-0.4, -0.2) is 24.3 Å². The van der Waals surface area contributed by atoms with Crippen molar-refractivity contribution in [2.45, 2.75) is 85.5 Å². The van der Waals surface area contributed by atoms with E-state index in [-0.39, 0.29) is 16.9 Å². The average molecular weight is 359 g/mol. The first-order valence-corrected chi connectivity index (χ1v) is 10.4. The number of ether oxygens (including phenoxy) is 2. The Kier molecular flexibility index (Phi) is 4.10. The van der Waals surface area contributed by atoms with Crippen LogP contribution in [0, 0.1) is 22.7 Å². The van der Waals surface area contributed by atoms with Crippen LogP contribution in [0.5, 0.6) is 0 Å². The van der Waals surface area contributed by atoms with Gasteiger partial charge in [-0.2, -0.15) is 0 Å². The lowest BCUT2D eigenvalue weighted by Crippen LogP contribution is -2.45. The molecule has 2 fully saturated rings. The van der Waals surface area contributed by atoms with Crippen molar-refractivity contribution < 1.29 is 14.3 Å². The number of carbonyl (C=O) groups is 1. The van der Waals surface area contributed by atoms with Gasteiger partial charge in [-0.1, -0.05) is 33.8 Å². The number of rotatable bonds is 1. The van der Waals surface area contributed by atoms with Crippen molar-refractivity contribution in [2.24, 2.45) is 22.7 Å². The Morgan fingerprint density at radius 3 is 2.54 bits per heavy atom. The zero-order valence-corrected chi connectivity index (χ0v) is 17.3. The summed E-state index contributed by atoms with van der Waals surface area (Å²) in [5.41, 5.74) is 3.87. The van der Waals surface area contributed by atoms with E-state index >= 15 is 0 Å². The highest BCUT2D eigenvalue weighted by Gasteiger charge is 2.53. The van der Waals surface area contributed by atoms with Gasteiger partial charge in [0.15, 0.2) is 11.6 Å². The molecule has 0 bridgehead atoms. The number of hydrogen-bond donors (Lipinski definition) is 0. The molecule has 0 amide bonds. The third-order valence-electron chi connectivity index (χ3n) is 7.77. The summed E-state index contributed by atoms with van der Waals surface area (Å²) in [4.78, 5) is 13.0. The van der Waals surface area contributed by atoms with Crippen LogP contribution in [0.3, 0.4) is 0 Å². The number of hydrogen-bond acceptors (Lipinski definition) is 3. The maximum Gasteiger partial charge on any atom is 0.163 e. The summed E-state index contributed by atoms with van der Waals surface area (Å²) in [6.07, 6.45) is 7.58. The van der Waals surface area contributed by atoms with Crippen LogP contribution in [0.15, 0.2) is 22.8 Å². The quantitative estimate of drug-likeness (QED) is 0.646. The lowest BCUT2D eigenvalue weighted by molar-refractivity contribution is -0.255. The van der Waals surface area contributed by atoms with Gasteiger partial charge in [0.05, 0.1) is 12.7 Å². The SMILES string of the molecule is CC(C)[C@H]1CC(=O)C2=CC3=C4COC(C)(C)O[C@H]4CC[C@@]3(C)CC[C@@]21C. The van der Waals surface area contributed by atoms with E-state index in [2.05, 4.69) is 33.8 Å². The Labute approximate surface area is 158 Å². The Hall–Kier alpha value is -0.930. The summed E-state index contributed by atoms with van der Waals surface area (Å²) < 4.78 is 12.2. The molecule has 3 aliphatic carbocycles. The van der Waals surface area contributed by atoms with Crippen molar-refractivity contribution in [2.75, 3.05) is 6.61 Å². The Bertz CT molecular complexity index is 698. The first-order valence-electron chi connectivity index (χ1n) is 10.4. The van der Waals surface area contributed by atoms with E-state index in [0.717, 1.165) is 31.3 Å². The monoisotopic (exact) mass is 358 g/mol. The second kappa shape index (κ2) is 5.78. The number of fused-ring (bicyclic) bond motifs is 3. The predicted molar refractivity (Wildman–Crippen MR) is 103 cm³/mol. The van der Waals surface area contributed by atoms with Crippen LogP contribution < -0.4 is 0 Å². The molecule has 0 unspecified atom stereocenters. The molecule has 1 heterocycles. The molecule has 4 rings (SSSR count). The minimum absolute atomic E-state index is 0.0182. The Balaban J connectivity index is 1.83. The average Bonchev–Trinajstić information content (AvgIpc) is 2.72. The highest BCUT2D eigenvalue weighted by Crippen LogP contribution is 2.59. The molecule has 1 aliphatic heterocycles. The molecular formula is C23H34O3. The standard InChI is InChI=1S/C23H34O3/c1-14(2)16-12-19(24)18-11-17-15-13-25-21(3,4)26-20(15)7-8-22(17,5)9-10-23(16,18)6/h11,14,16,20H,7-10,12-13H2,1-6H3/t16-,20+,22+,23-/m1/s1. The van der Waals surface area contributed by atoms with E-state index < -0.39 is 5.79 Å². The third kappa shape index (κ3) is 2.65. The van der Waals surface area contributed by atoms with Gasteiger partial charge in [-0.15, -0.1) is 0 Å². The normalized spacial score (nSPS) is 42.1. The molecule has 144 valence electrons. The summed E-state index contributed by atoms with van der Waals surface area (Å²) in [7, 11) is 0. The van der Waals surface area contributed by atoms with E-state index in [4.69, 9.17) is 9.47 Å². The third-order valence-corrected chi connectivity index (χ3v) is 7.77. The Morgan fingerprint density at radius 2 is 1.85 bits per heavy atom. The molecule has 4 atom stereocenters. The van der Waals surface area contributed by atoms with Crippen molar-refractivity contribution in [1.29, 1.82) is 0 Å². The zero-order valence-electron chi connectivity index (χ0n) is 17.3. The smallest absolute Gasteiger partial charge is 0.163 e. The van der Waals surface area contributed by atoms with Gasteiger partial charge in [0, 0.05) is 12.0 Å². The van der Waals surface area contributed by atoms with Crippen LogP contribution in [0.1, 0.15) is 73.6 Å². The topological polar surface area (TPSA) is 35.5 Å². The minimum Gasteiger partial charge on any atom is -0.346 e. The van der Waals surface area contributed by atoms with Gasteiger partial charge in [-0.25, -0.2) is 0 Å². The first-order chi connectivity index (χ1) is 12.1. The van der Waals surface area contributed by atoms with Crippen molar-refractivity contribution >= 4 is 5.78 Å². The second-order valence-electron chi connectivity index (χ2n) is 10.3. The van der Waals surface area contributed by atoms with Crippen LogP contribution in [-0.2, 0) is 14.3 Å². The molecule has 3 nitrogen and oxygen atoms in total. The molecular weight excluding hydrogens is 324 g/mol. The van der Waals surface area contributed by atoms with Crippen LogP contribution >= 0.6 is 0 Å². The van der Waals surface area contributed by atoms with Crippen LogP contribution in [0.25, 0.3) is 0 Å². The zero-order chi connectivity index (χ0) is 18.9. The molecule has 26 heavy (non-hydrogen) atoms. The van der Waals surface area contributed by atoms with Crippen molar-refractivity contribution in [1.82, 2.24) is 0 Å². The molecule has 1 saturated carbocycles. The van der Waals surface area contributed by atoms with Gasteiger partial charge in [0.2, 0.25) is 0 Å². The first kappa shape index (κ1) is 18.4. The summed E-state index contributed by atoms with van der Waals surface area (Å²) in [6.45, 7) is 13.9. The summed E-state index contributed by atoms with van der Waals surface area (Å²) in [5, 5.41) is 0. The summed E-state index contributed by atoms with van der Waals surface area (Å²) >= 11 is 0. The molecule has 4 aliphatic rings. The van der Waals surface area contributed by atoms with Crippen molar-refractivity contribution in [3.63, 3.8) is 0 Å². The summed E-state index contributed by atoms with van der Waals surface area (Å²) in [6, 6.07) is 0. The Morgan fingerprint density at radius 1 is 1.12 bits per heavy atom. The maximum atomic E-state index is 13.0. The fourth-order valence-corrected chi connectivity index (χ4v) is 6.05. The molecule has 0 aromatic rings. The summed E-state index contributed by atoms with van der Waals surface area (Å²) in [5.74, 6) is 0.851. The van der Waals surface area contributed by atoms with Crippen LogP contribution in [0.4, 0.5) is 0 Å². The van der Waals surface area contributed by atoms with Crippen LogP contribution in [0.2, 0.25) is 0 Å². The lowest BCUT2D eigenvalue weighted by atomic mass is 9.65. The van der Waals surface area contributed by atoms with Gasteiger partial charge in [0.25, 0.3) is 0 Å². The maximum absolute atomic E-state index is 13.0. The highest BCUT2D eigenvalue weighted by molar-refractivity contribution is 6.00. The van der Waals surface area contributed by atoms with E-state index in [9.17, 15) is 4.79 Å².